The SMILES string of the molecule is CN1CCC[C@@H]1c1cc2cnc(NC(=O)c3ccc(CCCCC#Cc4cccc5c4CN(C4CCC(=O)NC4=O)C5=O)cc3)cc2[nH]1. The molecule has 0 saturated carbocycles. The molecule has 2 saturated heterocycles. The van der Waals surface area contributed by atoms with Crippen LogP contribution in [0.25, 0.3) is 10.9 Å². The van der Waals surface area contributed by atoms with Crippen LogP contribution in [0.15, 0.2) is 60.8 Å². The number of pyridine rings is 1. The van der Waals surface area contributed by atoms with Gasteiger partial charge in [-0.25, -0.2) is 4.98 Å². The molecule has 0 bridgehead atoms. The molecule has 244 valence electrons. The van der Waals surface area contributed by atoms with Gasteiger partial charge in [-0.2, -0.15) is 0 Å². The monoisotopic (exact) mass is 642 g/mol. The fourth-order valence-corrected chi connectivity index (χ4v) is 7.01. The summed E-state index contributed by atoms with van der Waals surface area (Å²) in [5.41, 5.74) is 6.10. The molecule has 10 heteroatoms. The van der Waals surface area contributed by atoms with Crippen LogP contribution >= 0.6 is 0 Å². The molecular formula is C38H38N6O4. The first-order valence-corrected chi connectivity index (χ1v) is 16.7. The molecule has 4 amide bonds. The Kier molecular flexibility index (Phi) is 8.78. The van der Waals surface area contributed by atoms with Crippen molar-refractivity contribution in [1.82, 2.24) is 25.1 Å². The third-order valence-corrected chi connectivity index (χ3v) is 9.68. The fourth-order valence-electron chi connectivity index (χ4n) is 7.01. The molecule has 0 radical (unpaired) electrons. The van der Waals surface area contributed by atoms with Crippen LogP contribution in [0.1, 0.15) is 94.1 Å². The van der Waals surface area contributed by atoms with Gasteiger partial charge < -0.3 is 15.2 Å². The maximum absolute atomic E-state index is 13.0. The number of imide groups is 1. The second kappa shape index (κ2) is 13.5. The number of aromatic nitrogens is 2. The van der Waals surface area contributed by atoms with Crippen LogP contribution in [-0.4, -0.2) is 63.0 Å². The third kappa shape index (κ3) is 6.46. The highest BCUT2D eigenvalue weighted by Gasteiger charge is 2.39. The second-order valence-electron chi connectivity index (χ2n) is 12.9. The molecule has 3 N–H and O–H groups in total. The van der Waals surface area contributed by atoms with Crippen molar-refractivity contribution in [3.8, 4) is 11.8 Å². The number of unbranched alkanes of at least 4 members (excludes halogenated alkanes) is 2. The summed E-state index contributed by atoms with van der Waals surface area (Å²) >= 11 is 0. The predicted molar refractivity (Wildman–Crippen MR) is 182 cm³/mol. The number of H-pyrrole nitrogens is 1. The Hall–Kier alpha value is -5.27. The minimum absolute atomic E-state index is 0.192. The number of aryl methyl sites for hydroxylation is 1. The number of hydrogen-bond donors (Lipinski definition) is 3. The van der Waals surface area contributed by atoms with Crippen molar-refractivity contribution in [1.29, 1.82) is 0 Å². The van der Waals surface area contributed by atoms with E-state index >= 15 is 0 Å². The van der Waals surface area contributed by atoms with E-state index in [0.29, 0.717) is 42.4 Å². The van der Waals surface area contributed by atoms with Crippen molar-refractivity contribution in [3.05, 3.63) is 94.3 Å². The van der Waals surface area contributed by atoms with Crippen molar-refractivity contribution < 1.29 is 19.2 Å². The molecule has 2 aromatic heterocycles. The molecule has 10 nitrogen and oxygen atoms in total. The van der Waals surface area contributed by atoms with Gasteiger partial charge in [0, 0.05) is 65.5 Å². The van der Waals surface area contributed by atoms with E-state index in [1.54, 1.807) is 17.2 Å². The summed E-state index contributed by atoms with van der Waals surface area (Å²) in [6.07, 6.45) is 8.16. The molecule has 4 aromatic rings. The molecular weight excluding hydrogens is 604 g/mol. The summed E-state index contributed by atoms with van der Waals surface area (Å²) in [4.78, 5) is 61.8. The lowest BCUT2D eigenvalue weighted by Crippen LogP contribution is -2.52. The van der Waals surface area contributed by atoms with E-state index in [2.05, 4.69) is 50.5 Å². The van der Waals surface area contributed by atoms with Gasteiger partial charge >= 0.3 is 0 Å². The molecule has 48 heavy (non-hydrogen) atoms. The van der Waals surface area contributed by atoms with Crippen LogP contribution in [0.3, 0.4) is 0 Å². The average Bonchev–Trinajstić information content (AvgIpc) is 3.79. The van der Waals surface area contributed by atoms with Crippen LogP contribution in [-0.2, 0) is 22.6 Å². The molecule has 2 atom stereocenters. The predicted octanol–water partition coefficient (Wildman–Crippen LogP) is 5.11. The number of fused-ring (bicyclic) bond motifs is 2. The van der Waals surface area contributed by atoms with E-state index in [-0.39, 0.29) is 24.1 Å². The smallest absolute Gasteiger partial charge is 0.256 e. The molecule has 0 spiro atoms. The number of nitrogens with zero attached hydrogens (tertiary/aromatic N) is 3. The number of carbonyl (C=O) groups excluding carboxylic acids is 4. The zero-order valence-electron chi connectivity index (χ0n) is 27.0. The van der Waals surface area contributed by atoms with Crippen LogP contribution in [0.5, 0.6) is 0 Å². The normalized spacial score (nSPS) is 19.3. The van der Waals surface area contributed by atoms with Gasteiger partial charge in [-0.15, -0.1) is 0 Å². The maximum atomic E-state index is 13.0. The number of hydrogen-bond acceptors (Lipinski definition) is 6. The Balaban J connectivity index is 0.886. The summed E-state index contributed by atoms with van der Waals surface area (Å²) in [6, 6.07) is 17.0. The maximum Gasteiger partial charge on any atom is 0.256 e. The molecule has 7 rings (SSSR count). The standard InChI is InChI=1S/C38H38N6O4/c1-43-19-7-12-32(43)31-20-27-22-39-34(21-30(27)40-31)41-36(46)26-15-13-24(14-16-26)8-4-2-3-5-9-25-10-6-11-28-29(25)23-44(38(28)48)33-17-18-35(45)42-37(33)47/h6,10-11,13-16,20-22,32-33,40H,2-4,7-8,12,17-19,23H2,1H3,(H,39,41,46)(H,42,45,47)/t32-,33?/m1/s1. The number of carbonyl (C=O) groups is 4. The molecule has 0 aliphatic carbocycles. The Morgan fingerprint density at radius 3 is 2.69 bits per heavy atom. The van der Waals surface area contributed by atoms with Crippen molar-refractivity contribution in [2.45, 2.75) is 70.0 Å². The number of anilines is 1. The van der Waals surface area contributed by atoms with E-state index in [1.807, 2.05) is 42.5 Å². The molecule has 3 aliphatic rings. The van der Waals surface area contributed by atoms with Gasteiger partial charge in [0.1, 0.15) is 11.9 Å². The Morgan fingerprint density at radius 1 is 1.04 bits per heavy atom. The van der Waals surface area contributed by atoms with E-state index in [1.165, 1.54) is 12.1 Å². The summed E-state index contributed by atoms with van der Waals surface area (Å²) in [5, 5.41) is 6.31. The van der Waals surface area contributed by atoms with Gasteiger partial charge in [-0.05, 0) is 93.6 Å². The van der Waals surface area contributed by atoms with Gasteiger partial charge in [0.05, 0.1) is 5.52 Å². The van der Waals surface area contributed by atoms with Crippen molar-refractivity contribution in [2.24, 2.45) is 0 Å². The number of amides is 4. The third-order valence-electron chi connectivity index (χ3n) is 9.68. The van der Waals surface area contributed by atoms with Crippen LogP contribution in [0.4, 0.5) is 5.82 Å². The second-order valence-corrected chi connectivity index (χ2v) is 12.9. The minimum Gasteiger partial charge on any atom is -0.357 e. The van der Waals surface area contributed by atoms with E-state index < -0.39 is 11.9 Å². The Morgan fingerprint density at radius 2 is 1.90 bits per heavy atom. The first-order valence-electron chi connectivity index (χ1n) is 16.7. The molecule has 2 aromatic carbocycles. The first-order chi connectivity index (χ1) is 23.3. The highest BCUT2D eigenvalue weighted by atomic mass is 16.2. The Bertz CT molecular complexity index is 1970. The lowest BCUT2D eigenvalue weighted by atomic mass is 10.0. The van der Waals surface area contributed by atoms with Crippen LogP contribution in [0, 0.1) is 11.8 Å². The van der Waals surface area contributed by atoms with E-state index in [4.69, 9.17) is 0 Å². The zero-order valence-corrected chi connectivity index (χ0v) is 27.0. The fraction of sp³-hybridized carbons (Fsp3) is 0.342. The van der Waals surface area contributed by atoms with Gasteiger partial charge in [0.2, 0.25) is 11.8 Å². The number of rotatable bonds is 8. The zero-order chi connectivity index (χ0) is 33.2. The largest absolute Gasteiger partial charge is 0.357 e. The number of benzene rings is 2. The first kappa shape index (κ1) is 31.3. The number of piperidine rings is 1. The van der Waals surface area contributed by atoms with Gasteiger partial charge in [-0.3, -0.25) is 29.4 Å². The lowest BCUT2D eigenvalue weighted by molar-refractivity contribution is -0.136. The van der Waals surface area contributed by atoms with Crippen LogP contribution in [0.2, 0.25) is 0 Å². The van der Waals surface area contributed by atoms with Gasteiger partial charge in [-0.1, -0.05) is 30.0 Å². The highest BCUT2D eigenvalue weighted by Crippen LogP contribution is 2.32. The summed E-state index contributed by atoms with van der Waals surface area (Å²) in [7, 11) is 2.15. The van der Waals surface area contributed by atoms with E-state index in [9.17, 15) is 19.2 Å². The van der Waals surface area contributed by atoms with Gasteiger partial charge in [0.15, 0.2) is 0 Å². The average molecular weight is 643 g/mol. The highest BCUT2D eigenvalue weighted by molar-refractivity contribution is 6.06. The molecule has 3 aliphatic heterocycles. The molecule has 2 fully saturated rings. The molecule has 5 heterocycles. The number of nitrogens with one attached hydrogen (secondary N) is 3. The molecule has 1 unspecified atom stereocenters. The lowest BCUT2D eigenvalue weighted by Gasteiger charge is -2.29. The van der Waals surface area contributed by atoms with Crippen molar-refractivity contribution >= 4 is 40.3 Å². The minimum atomic E-state index is -0.638. The van der Waals surface area contributed by atoms with Gasteiger partial charge in [0.25, 0.3) is 11.8 Å². The van der Waals surface area contributed by atoms with Crippen LogP contribution < -0.4 is 10.6 Å². The number of likely N-dealkylation sites (tertiary alicyclic amines) is 1. The van der Waals surface area contributed by atoms with Crippen molar-refractivity contribution in [3.63, 3.8) is 0 Å². The van der Waals surface area contributed by atoms with Crippen molar-refractivity contribution in [2.75, 3.05) is 18.9 Å². The number of aromatic amines is 1. The quantitative estimate of drug-likeness (QED) is 0.139. The summed E-state index contributed by atoms with van der Waals surface area (Å²) < 4.78 is 0. The summed E-state index contributed by atoms with van der Waals surface area (Å²) in [5.74, 6) is 5.90. The topological polar surface area (TPSA) is 128 Å². The van der Waals surface area contributed by atoms with E-state index in [0.717, 1.165) is 59.8 Å². The Labute approximate surface area is 279 Å². The summed E-state index contributed by atoms with van der Waals surface area (Å²) in [6.45, 7) is 1.42.